The third-order valence-electron chi connectivity index (χ3n) is 4.89. The van der Waals surface area contributed by atoms with Crippen LogP contribution in [0.3, 0.4) is 0 Å². The minimum atomic E-state index is -5.79. The number of carbonyl (C=O) groups excluding carboxylic acids is 2. The molecule has 226 valence electrons. The molecule has 22 nitrogen and oxygen atoms in total. The van der Waals surface area contributed by atoms with Crippen molar-refractivity contribution in [2.75, 3.05) is 19.9 Å². The zero-order chi connectivity index (χ0) is 29.9. The van der Waals surface area contributed by atoms with Crippen LogP contribution in [0.5, 0.6) is 0 Å². The van der Waals surface area contributed by atoms with Crippen LogP contribution < -0.4 is 11.1 Å². The molecule has 2 unspecified atom stereocenters. The van der Waals surface area contributed by atoms with Gasteiger partial charge in [-0.05, 0) is 0 Å². The molecule has 1 aromatic heterocycles. The Morgan fingerprint density at radius 3 is 2.42 bits per heavy atom. The molecule has 6 atom stereocenters. The predicted octanol–water partition coefficient (Wildman–Crippen LogP) is -1.35. The van der Waals surface area contributed by atoms with Crippen LogP contribution in [0.2, 0.25) is 0 Å². The molecule has 0 spiro atoms. The Kier molecular flexibility index (Phi) is 10.2. The average Bonchev–Trinajstić information content (AvgIpc) is 3.29. The molecule has 25 heteroatoms. The molecular formula is C15H25N6O16P3. The van der Waals surface area contributed by atoms with E-state index < -0.39 is 73.0 Å². The summed E-state index contributed by atoms with van der Waals surface area (Å²) in [7, 11) is -17.0. The normalized spacial score (nSPS) is 27.5. The molecule has 2 aliphatic heterocycles. The van der Waals surface area contributed by atoms with Gasteiger partial charge in [-0.3, -0.25) is 14.1 Å². The number of fused-ring (bicyclic) bond motifs is 1. The Labute approximate surface area is 224 Å². The van der Waals surface area contributed by atoms with E-state index in [9.17, 15) is 33.1 Å². The molecule has 0 saturated carbocycles. The zero-order valence-corrected chi connectivity index (χ0v) is 23.2. The standard InChI is InChI=1S/C15H25N6O16P3/c1-7(22)32-3-9-11(5-33-39(27,28)37-40(29,30)36-38(24,25)26)35-14(12(9)34-8(2)23)21-13-10(19-20-21)4-31-6-17-15(16)18-13/h9,11-12,14H,3-6H2,1-2H3,(H,27,28)(H,29,30)(H3,16,17,18)(H2,24,25,26)/t9-,11-,12-,14-/m1/s1. The molecule has 3 heterocycles. The molecule has 1 aromatic rings. The van der Waals surface area contributed by atoms with Gasteiger partial charge < -0.3 is 49.6 Å². The lowest BCUT2D eigenvalue weighted by molar-refractivity contribution is -0.156. The van der Waals surface area contributed by atoms with Gasteiger partial charge in [0.2, 0.25) is 0 Å². The van der Waals surface area contributed by atoms with Crippen molar-refractivity contribution in [2.24, 2.45) is 16.6 Å². The maximum absolute atomic E-state index is 12.3. The van der Waals surface area contributed by atoms with Gasteiger partial charge in [0, 0.05) is 13.8 Å². The smallest absolute Gasteiger partial charge is 0.465 e. The fourth-order valence-corrected chi connectivity index (χ4v) is 6.52. The van der Waals surface area contributed by atoms with E-state index in [-0.39, 0.29) is 30.8 Å². The molecule has 0 aliphatic carbocycles. The highest BCUT2D eigenvalue weighted by Gasteiger charge is 2.51. The highest BCUT2D eigenvalue weighted by molar-refractivity contribution is 7.66. The Bertz CT molecular complexity index is 1280. The van der Waals surface area contributed by atoms with Gasteiger partial charge in [0.15, 0.2) is 24.1 Å². The number of guanidine groups is 1. The van der Waals surface area contributed by atoms with Crippen molar-refractivity contribution in [2.45, 2.75) is 38.9 Å². The van der Waals surface area contributed by atoms with Gasteiger partial charge in [-0.2, -0.15) is 18.3 Å². The lowest BCUT2D eigenvalue weighted by atomic mass is 9.99. The van der Waals surface area contributed by atoms with Crippen molar-refractivity contribution in [3.63, 3.8) is 0 Å². The van der Waals surface area contributed by atoms with Gasteiger partial charge in [-0.1, -0.05) is 5.21 Å². The first-order valence-electron chi connectivity index (χ1n) is 10.8. The third-order valence-corrected chi connectivity index (χ3v) is 8.69. The molecular weight excluding hydrogens is 613 g/mol. The van der Waals surface area contributed by atoms with Crippen molar-refractivity contribution >= 4 is 47.2 Å². The average molecular weight is 638 g/mol. The lowest BCUT2D eigenvalue weighted by Gasteiger charge is -2.24. The zero-order valence-electron chi connectivity index (χ0n) is 20.5. The van der Waals surface area contributed by atoms with E-state index in [0.717, 1.165) is 18.5 Å². The van der Waals surface area contributed by atoms with Crippen molar-refractivity contribution in [1.29, 1.82) is 0 Å². The molecule has 0 bridgehead atoms. The monoisotopic (exact) mass is 638 g/mol. The van der Waals surface area contributed by atoms with Gasteiger partial charge in [0.25, 0.3) is 0 Å². The number of carbonyl (C=O) groups is 2. The van der Waals surface area contributed by atoms with Crippen LogP contribution in [0.4, 0.5) is 5.82 Å². The summed E-state index contributed by atoms with van der Waals surface area (Å²) < 4.78 is 69.4. The Morgan fingerprint density at radius 1 is 1.10 bits per heavy atom. The number of hydrogen-bond donors (Lipinski definition) is 6. The fraction of sp³-hybridized carbons (Fsp3) is 0.667. The number of phosphoric ester groups is 1. The number of nitrogens with zero attached hydrogens (tertiary/aromatic N) is 4. The van der Waals surface area contributed by atoms with E-state index in [2.05, 4.69) is 33.8 Å². The van der Waals surface area contributed by atoms with Gasteiger partial charge in [0.1, 0.15) is 19.0 Å². The van der Waals surface area contributed by atoms with Crippen LogP contribution >= 0.6 is 23.5 Å². The number of ether oxygens (including phenoxy) is 4. The first-order chi connectivity index (χ1) is 18.5. The second-order valence-corrected chi connectivity index (χ2v) is 12.4. The van der Waals surface area contributed by atoms with E-state index in [1.165, 1.54) is 0 Å². The summed E-state index contributed by atoms with van der Waals surface area (Å²) in [5, 5.41) is 10.6. The molecule has 2 aliphatic rings. The highest BCUT2D eigenvalue weighted by Crippen LogP contribution is 2.66. The molecule has 0 aromatic carbocycles. The van der Waals surface area contributed by atoms with Crippen molar-refractivity contribution in [3.05, 3.63) is 5.69 Å². The van der Waals surface area contributed by atoms with Gasteiger partial charge in [0.05, 0.1) is 25.2 Å². The quantitative estimate of drug-likeness (QED) is 0.121. The maximum Gasteiger partial charge on any atom is 0.490 e. The molecule has 7 N–H and O–H groups in total. The summed E-state index contributed by atoms with van der Waals surface area (Å²) in [5.74, 6) is -2.74. The van der Waals surface area contributed by atoms with Crippen LogP contribution in [0.15, 0.2) is 4.99 Å². The fourth-order valence-electron chi connectivity index (χ4n) is 3.49. The van der Waals surface area contributed by atoms with Crippen molar-refractivity contribution in [3.8, 4) is 0 Å². The minimum Gasteiger partial charge on any atom is -0.465 e. The summed E-state index contributed by atoms with van der Waals surface area (Å²) in [6, 6.07) is 0. The first kappa shape index (κ1) is 32.2. The van der Waals surface area contributed by atoms with Crippen molar-refractivity contribution in [1.82, 2.24) is 20.3 Å². The summed E-state index contributed by atoms with van der Waals surface area (Å²) in [4.78, 5) is 64.2. The van der Waals surface area contributed by atoms with Crippen LogP contribution in [0.25, 0.3) is 0 Å². The Hall–Kier alpha value is -2.32. The van der Waals surface area contributed by atoms with E-state index in [0.29, 0.717) is 0 Å². The predicted molar refractivity (Wildman–Crippen MR) is 123 cm³/mol. The van der Waals surface area contributed by atoms with Gasteiger partial charge in [-0.15, -0.1) is 5.10 Å². The van der Waals surface area contributed by atoms with Crippen LogP contribution in [-0.2, 0) is 62.0 Å². The third kappa shape index (κ3) is 9.10. The number of rotatable bonds is 11. The van der Waals surface area contributed by atoms with E-state index in [1.807, 2.05) is 0 Å². The van der Waals surface area contributed by atoms with E-state index in [4.69, 9.17) is 34.5 Å². The number of aliphatic imine (C=N–C) groups is 1. The molecule has 3 rings (SSSR count). The molecule has 0 radical (unpaired) electrons. The second-order valence-electron chi connectivity index (χ2n) is 7.96. The van der Waals surface area contributed by atoms with E-state index >= 15 is 0 Å². The lowest BCUT2D eigenvalue weighted by Crippen LogP contribution is -2.36. The van der Waals surface area contributed by atoms with E-state index in [1.54, 1.807) is 0 Å². The summed E-state index contributed by atoms with van der Waals surface area (Å²) in [5.41, 5.74) is 6.00. The van der Waals surface area contributed by atoms with Crippen molar-refractivity contribution < 1.29 is 75.0 Å². The van der Waals surface area contributed by atoms with Crippen LogP contribution in [0.1, 0.15) is 25.8 Å². The Balaban J connectivity index is 1.91. The molecule has 1 fully saturated rings. The highest BCUT2D eigenvalue weighted by atomic mass is 31.3. The van der Waals surface area contributed by atoms with Crippen LogP contribution in [0, 0.1) is 5.92 Å². The number of hydrogen-bond acceptors (Lipinski definition) is 17. The number of aromatic nitrogens is 3. The topological polar surface area (TPSA) is 312 Å². The SMILES string of the molecule is CC(=O)OC[C@H]1[C@@H](OC(C)=O)[C@H](n2nnc3c2/N=C(/N)NCOC3)O[C@@H]1COP(=O)(O)OP(=O)(O)OP(=O)(O)O. The number of nitrogens with one attached hydrogen (secondary N) is 1. The summed E-state index contributed by atoms with van der Waals surface area (Å²) in [6.07, 6.45) is -4.05. The van der Waals surface area contributed by atoms with Gasteiger partial charge >= 0.3 is 35.4 Å². The van der Waals surface area contributed by atoms with Gasteiger partial charge in [-0.25, -0.2) is 13.7 Å². The molecule has 0 amide bonds. The molecule has 40 heavy (non-hydrogen) atoms. The maximum atomic E-state index is 12.3. The number of nitrogens with two attached hydrogens (primary N) is 1. The van der Waals surface area contributed by atoms with Crippen LogP contribution in [-0.4, -0.2) is 84.6 Å². The number of esters is 2. The second kappa shape index (κ2) is 12.7. The first-order valence-corrected chi connectivity index (χ1v) is 15.3. The summed E-state index contributed by atoms with van der Waals surface area (Å²) >= 11 is 0. The molecule has 1 saturated heterocycles. The number of phosphoric acid groups is 3. The minimum absolute atomic E-state index is 0.0186. The summed E-state index contributed by atoms with van der Waals surface area (Å²) in [6.45, 7) is 0.679. The largest absolute Gasteiger partial charge is 0.490 e. The Morgan fingerprint density at radius 2 is 1.80 bits per heavy atom.